The molecule has 0 N–H and O–H groups in total. The Bertz CT molecular complexity index is 2750. The van der Waals surface area contributed by atoms with E-state index in [1.54, 1.807) is 0 Å². The standard InChI is InChI=1S/2C37H60N2O3.C7H8.Zr/c2*1-34(2,3)28-20-26(32(40)30(22-28)36(7,8)9)24-39(15-13-14-38-16-18-42-19-17-38)25-27-21-29(35(4,5)6)23-31(33(27)41)37(10,11)12;1-7-5-3-2-4-6-7;/h2*20-23,40-41H,13-19,24-25H2,1-12H3;2-6H,1H3;/q;;;+4/p-4. The maximum atomic E-state index is 13.9. The summed E-state index contributed by atoms with van der Waals surface area (Å²) in [5.74, 6) is 0.536. The van der Waals surface area contributed by atoms with Crippen molar-refractivity contribution in [2.45, 2.75) is 255 Å². The van der Waals surface area contributed by atoms with Crippen molar-refractivity contribution in [3.8, 4) is 23.0 Å². The molecule has 92 heavy (non-hydrogen) atoms. The van der Waals surface area contributed by atoms with Crippen molar-refractivity contribution < 1.29 is 56.1 Å². The molecule has 0 spiro atoms. The number of hydrogen-bond acceptors (Lipinski definition) is 10. The fourth-order valence-corrected chi connectivity index (χ4v) is 11.8. The van der Waals surface area contributed by atoms with Gasteiger partial charge in [0.15, 0.2) is 0 Å². The van der Waals surface area contributed by atoms with Crippen LogP contribution in [-0.4, -0.2) is 98.4 Å². The first-order valence-electron chi connectivity index (χ1n) is 34.2. The number of morpholine rings is 2. The van der Waals surface area contributed by atoms with Gasteiger partial charge in [-0.1, -0.05) is 251 Å². The monoisotopic (exact) mass is 1340 g/mol. The summed E-state index contributed by atoms with van der Waals surface area (Å²) < 4.78 is 11.1. The molecule has 5 aromatic carbocycles. The first kappa shape index (κ1) is 80.4. The fraction of sp³-hybridized carbons (Fsp3) is 0.630. The van der Waals surface area contributed by atoms with Crippen LogP contribution in [0.5, 0.6) is 23.0 Å². The summed E-state index contributed by atoms with van der Waals surface area (Å²) in [5, 5.41) is 55.7. The second kappa shape index (κ2) is 32.8. The van der Waals surface area contributed by atoms with Gasteiger partial charge in [-0.05, 0) is 143 Å². The molecular weight excluding hydrogens is 1220 g/mol. The molecule has 0 radical (unpaired) electrons. The van der Waals surface area contributed by atoms with Crippen LogP contribution in [0, 0.1) is 6.92 Å². The summed E-state index contributed by atoms with van der Waals surface area (Å²) in [7, 11) is 0. The minimum Gasteiger partial charge on any atom is -0.872 e. The van der Waals surface area contributed by atoms with E-state index in [-0.39, 0.29) is 92.5 Å². The molecule has 2 heterocycles. The Morgan fingerprint density at radius 1 is 0.348 bits per heavy atom. The number of rotatable bonds is 16. The molecule has 2 aliphatic rings. The van der Waals surface area contributed by atoms with Crippen molar-refractivity contribution in [3.05, 3.63) is 151 Å². The van der Waals surface area contributed by atoms with E-state index >= 15 is 0 Å². The van der Waals surface area contributed by atoms with Crippen molar-refractivity contribution in [2.75, 3.05) is 78.8 Å². The van der Waals surface area contributed by atoms with Gasteiger partial charge in [0.05, 0.1) is 26.4 Å². The maximum Gasteiger partial charge on any atom is 4.00 e. The summed E-state index contributed by atoms with van der Waals surface area (Å²) >= 11 is 0. The number of ether oxygens (including phenoxy) is 2. The molecule has 0 aromatic heterocycles. The Morgan fingerprint density at radius 3 is 0.761 bits per heavy atom. The Morgan fingerprint density at radius 2 is 0.576 bits per heavy atom. The quantitative estimate of drug-likeness (QED) is 0.0943. The predicted molar refractivity (Wildman–Crippen MR) is 376 cm³/mol. The van der Waals surface area contributed by atoms with Gasteiger partial charge in [0.1, 0.15) is 0 Å². The Labute approximate surface area is 580 Å². The molecule has 0 saturated carbocycles. The number of nitrogens with zero attached hydrogens (tertiary/aromatic N) is 4. The molecule has 11 heteroatoms. The van der Waals surface area contributed by atoms with Crippen LogP contribution in [0.4, 0.5) is 0 Å². The van der Waals surface area contributed by atoms with E-state index in [2.05, 4.69) is 253 Å². The van der Waals surface area contributed by atoms with Gasteiger partial charge in [0, 0.05) is 65.4 Å². The van der Waals surface area contributed by atoms with Crippen molar-refractivity contribution in [1.29, 1.82) is 0 Å². The smallest absolute Gasteiger partial charge is 0.872 e. The van der Waals surface area contributed by atoms with E-state index in [0.717, 1.165) is 136 Å². The zero-order valence-corrected chi connectivity index (χ0v) is 64.9. The molecule has 0 bridgehead atoms. The molecule has 0 atom stereocenters. The van der Waals surface area contributed by atoms with Crippen LogP contribution in [0.2, 0.25) is 0 Å². The summed E-state index contributed by atoms with van der Waals surface area (Å²) in [6.07, 6.45) is 1.94. The van der Waals surface area contributed by atoms with E-state index in [1.165, 1.54) is 27.8 Å². The van der Waals surface area contributed by atoms with E-state index < -0.39 is 0 Å². The molecule has 5 aromatic rings. The minimum absolute atomic E-state index is 0. The Kier molecular flexibility index (Phi) is 28.6. The minimum atomic E-state index is -0.251. The largest absolute Gasteiger partial charge is 4.00 e. The third kappa shape index (κ3) is 24.2. The number of hydrogen-bond donors (Lipinski definition) is 0. The Hall–Kier alpha value is -4.06. The summed E-state index contributed by atoms with van der Waals surface area (Å²) in [4.78, 5) is 9.59. The van der Waals surface area contributed by atoms with Gasteiger partial charge in [-0.15, -0.1) is 23.0 Å². The number of benzene rings is 5. The third-order valence-electron chi connectivity index (χ3n) is 18.0. The first-order valence-corrected chi connectivity index (χ1v) is 34.2. The molecule has 0 aliphatic carbocycles. The number of aryl methyl sites for hydroxylation is 1. The van der Waals surface area contributed by atoms with Crippen LogP contribution in [0.15, 0.2) is 78.9 Å². The van der Waals surface area contributed by atoms with E-state index in [4.69, 9.17) is 9.47 Å². The second-order valence-corrected chi connectivity index (χ2v) is 34.7. The van der Waals surface area contributed by atoms with Crippen molar-refractivity contribution in [2.24, 2.45) is 0 Å². The average Bonchev–Trinajstić information content (AvgIpc) is 0.815. The summed E-state index contributed by atoms with van der Waals surface area (Å²) in [6.45, 7) is 66.7. The molecule has 10 nitrogen and oxygen atoms in total. The van der Waals surface area contributed by atoms with Gasteiger partial charge < -0.3 is 29.9 Å². The van der Waals surface area contributed by atoms with Crippen LogP contribution in [0.25, 0.3) is 0 Å². The third-order valence-corrected chi connectivity index (χ3v) is 18.0. The molecule has 2 aliphatic heterocycles. The Balaban J connectivity index is 0.000000350. The van der Waals surface area contributed by atoms with Crippen LogP contribution in [0.3, 0.4) is 0 Å². The SMILES string of the molecule is CC(C)(C)c1cc(CN(CCCN2CCOCC2)Cc2cc(C(C)(C)C)cc(C(C)(C)C)c2[O-])c([O-])c(C(C)(C)C)c1.CC(C)(C)c1cc(CN(CCCN2CCOCC2)Cc2cc(C(C)(C)C)cc(C(C)(C)C)c2[O-])c([O-])c(C(C)(C)C)c1.Cc1ccccc1.[Zr+4]. The van der Waals surface area contributed by atoms with Gasteiger partial charge in [-0.25, -0.2) is 0 Å². The van der Waals surface area contributed by atoms with E-state index in [1.807, 2.05) is 18.2 Å². The molecular formula is C81H124N4O6Zr. The van der Waals surface area contributed by atoms with E-state index in [0.29, 0.717) is 26.2 Å². The van der Waals surface area contributed by atoms with Crippen LogP contribution in [-0.2, 0) is 105 Å². The topological polar surface area (TPSA) is 124 Å². The van der Waals surface area contributed by atoms with Gasteiger partial charge in [-0.2, -0.15) is 0 Å². The maximum absolute atomic E-state index is 13.9. The van der Waals surface area contributed by atoms with Crippen molar-refractivity contribution in [1.82, 2.24) is 19.6 Å². The molecule has 2 fully saturated rings. The predicted octanol–water partition coefficient (Wildman–Crippen LogP) is 15.5. The van der Waals surface area contributed by atoms with Gasteiger partial charge >= 0.3 is 26.2 Å². The van der Waals surface area contributed by atoms with Gasteiger partial charge in [0.2, 0.25) is 0 Å². The average molecular weight is 1340 g/mol. The van der Waals surface area contributed by atoms with Crippen LogP contribution < -0.4 is 20.4 Å². The zero-order valence-electron chi connectivity index (χ0n) is 62.5. The molecule has 508 valence electrons. The summed E-state index contributed by atoms with van der Waals surface area (Å²) in [6, 6.07) is 27.2. The molecule has 0 amide bonds. The van der Waals surface area contributed by atoms with Crippen molar-refractivity contribution in [3.63, 3.8) is 0 Å². The van der Waals surface area contributed by atoms with E-state index in [9.17, 15) is 20.4 Å². The normalized spacial score (nSPS) is 15.2. The molecule has 2 saturated heterocycles. The van der Waals surface area contributed by atoms with Crippen LogP contribution >= 0.6 is 0 Å². The summed E-state index contributed by atoms with van der Waals surface area (Å²) in [5.41, 5.74) is 11.5. The van der Waals surface area contributed by atoms with Gasteiger partial charge in [-0.3, -0.25) is 19.6 Å². The van der Waals surface area contributed by atoms with Crippen molar-refractivity contribution >= 4 is 0 Å². The fourth-order valence-electron chi connectivity index (χ4n) is 11.8. The first-order chi connectivity index (χ1) is 41.7. The molecule has 0 unspecified atom stereocenters. The molecule has 7 rings (SSSR count). The second-order valence-electron chi connectivity index (χ2n) is 34.7. The van der Waals surface area contributed by atoms with Crippen LogP contribution in [0.1, 0.15) is 251 Å². The zero-order chi connectivity index (χ0) is 68.5. The van der Waals surface area contributed by atoms with Gasteiger partial charge in [0.25, 0.3) is 0 Å².